The van der Waals surface area contributed by atoms with Crippen molar-refractivity contribution >= 4 is 39.2 Å². The van der Waals surface area contributed by atoms with Crippen molar-refractivity contribution in [2.75, 3.05) is 5.32 Å². The highest BCUT2D eigenvalue weighted by molar-refractivity contribution is 9.10. The fraction of sp³-hybridized carbons (Fsp3) is 0.0400. The van der Waals surface area contributed by atoms with Crippen LogP contribution < -0.4 is 15.6 Å². The second kappa shape index (κ2) is 9.68. The number of pyridine rings is 1. The third-order valence-electron chi connectivity index (χ3n) is 4.83. The maximum absolute atomic E-state index is 14.3. The van der Waals surface area contributed by atoms with E-state index in [1.165, 1.54) is 28.8 Å². The molecule has 0 aliphatic carbocycles. The molecule has 1 amide bonds. The van der Waals surface area contributed by atoms with Gasteiger partial charge in [0.2, 0.25) is 5.88 Å². The Morgan fingerprint density at radius 3 is 2.74 bits per heavy atom. The summed E-state index contributed by atoms with van der Waals surface area (Å²) in [4.78, 5) is 30.5. The lowest BCUT2D eigenvalue weighted by Gasteiger charge is -2.12. The standard InChI is InChI=1S/C25H16BrFN4O3/c1-15-6-5-11-31-22(15)30-24(34-21-10-3-2-9-20(21)27)19(25(31)33)12-16(14-28)23(32)29-18-8-4-7-17(26)13-18/h2-13H,1H3,(H,29,32)/b16-12-. The van der Waals surface area contributed by atoms with Gasteiger partial charge in [0.05, 0.1) is 0 Å². The Balaban J connectivity index is 1.85. The van der Waals surface area contributed by atoms with Gasteiger partial charge in [0, 0.05) is 16.4 Å². The van der Waals surface area contributed by atoms with E-state index in [1.807, 2.05) is 0 Å². The first kappa shape index (κ1) is 22.9. The smallest absolute Gasteiger partial charge is 0.269 e. The van der Waals surface area contributed by atoms with Crippen LogP contribution in [0.3, 0.4) is 0 Å². The molecule has 0 saturated heterocycles. The van der Waals surface area contributed by atoms with Crippen LogP contribution in [0, 0.1) is 24.1 Å². The van der Waals surface area contributed by atoms with E-state index in [9.17, 15) is 19.2 Å². The van der Waals surface area contributed by atoms with Crippen LogP contribution in [-0.2, 0) is 4.79 Å². The highest BCUT2D eigenvalue weighted by Crippen LogP contribution is 2.27. The van der Waals surface area contributed by atoms with Gasteiger partial charge >= 0.3 is 0 Å². The number of halogens is 2. The van der Waals surface area contributed by atoms with Crippen molar-refractivity contribution in [3.8, 4) is 17.7 Å². The molecule has 0 bridgehead atoms. The third kappa shape index (κ3) is 4.72. The Labute approximate surface area is 201 Å². The number of para-hydroxylation sites is 1. The molecule has 2 aromatic heterocycles. The van der Waals surface area contributed by atoms with Crippen molar-refractivity contribution in [1.29, 1.82) is 5.26 Å². The number of carbonyl (C=O) groups is 1. The summed E-state index contributed by atoms with van der Waals surface area (Å²) in [6.45, 7) is 1.76. The predicted molar refractivity (Wildman–Crippen MR) is 129 cm³/mol. The zero-order valence-corrected chi connectivity index (χ0v) is 19.3. The maximum Gasteiger partial charge on any atom is 0.269 e. The molecular weight excluding hydrogens is 503 g/mol. The first-order valence-corrected chi connectivity index (χ1v) is 10.8. The number of rotatable bonds is 5. The van der Waals surface area contributed by atoms with E-state index in [2.05, 4.69) is 26.2 Å². The molecule has 0 aliphatic rings. The molecule has 34 heavy (non-hydrogen) atoms. The van der Waals surface area contributed by atoms with Crippen molar-refractivity contribution in [2.24, 2.45) is 0 Å². The zero-order chi connectivity index (χ0) is 24.2. The molecule has 0 saturated carbocycles. The molecule has 7 nitrogen and oxygen atoms in total. The number of benzene rings is 2. The first-order chi connectivity index (χ1) is 16.4. The lowest BCUT2D eigenvalue weighted by Crippen LogP contribution is -2.20. The van der Waals surface area contributed by atoms with Gasteiger partial charge in [0.1, 0.15) is 22.9 Å². The van der Waals surface area contributed by atoms with E-state index in [1.54, 1.807) is 55.5 Å². The van der Waals surface area contributed by atoms with Crippen molar-refractivity contribution in [1.82, 2.24) is 9.38 Å². The van der Waals surface area contributed by atoms with Gasteiger partial charge in [-0.1, -0.05) is 40.2 Å². The number of amides is 1. The third-order valence-corrected chi connectivity index (χ3v) is 5.32. The van der Waals surface area contributed by atoms with E-state index in [0.717, 1.165) is 10.5 Å². The van der Waals surface area contributed by atoms with Crippen LogP contribution in [0.5, 0.6) is 11.6 Å². The molecule has 9 heteroatoms. The number of nitrogens with zero attached hydrogens (tertiary/aromatic N) is 3. The molecule has 4 aromatic rings. The maximum atomic E-state index is 14.3. The van der Waals surface area contributed by atoms with Crippen LogP contribution in [0.15, 0.2) is 81.7 Å². The summed E-state index contributed by atoms with van der Waals surface area (Å²) in [6, 6.07) is 17.7. The number of carbonyl (C=O) groups excluding carboxylic acids is 1. The second-order valence-corrected chi connectivity index (χ2v) is 8.10. The number of fused-ring (bicyclic) bond motifs is 1. The Morgan fingerprint density at radius 2 is 2.00 bits per heavy atom. The van der Waals surface area contributed by atoms with Crippen molar-refractivity contribution in [3.05, 3.63) is 104 Å². The summed E-state index contributed by atoms with van der Waals surface area (Å²) in [5, 5.41) is 12.3. The molecule has 4 rings (SSSR count). The number of aryl methyl sites for hydroxylation is 1. The highest BCUT2D eigenvalue weighted by atomic mass is 79.9. The lowest BCUT2D eigenvalue weighted by atomic mass is 10.1. The molecule has 0 atom stereocenters. The van der Waals surface area contributed by atoms with Crippen LogP contribution in [0.1, 0.15) is 11.1 Å². The van der Waals surface area contributed by atoms with Crippen LogP contribution in [0.4, 0.5) is 10.1 Å². The molecular formula is C25H16BrFN4O3. The molecule has 0 fully saturated rings. The number of aromatic nitrogens is 2. The van der Waals surface area contributed by atoms with Crippen LogP contribution in [-0.4, -0.2) is 15.3 Å². The van der Waals surface area contributed by atoms with E-state index < -0.39 is 17.3 Å². The molecule has 0 unspecified atom stereocenters. The summed E-state index contributed by atoms with van der Waals surface area (Å²) >= 11 is 3.31. The number of nitriles is 1. The van der Waals surface area contributed by atoms with Crippen LogP contribution in [0.2, 0.25) is 0 Å². The quantitative estimate of drug-likeness (QED) is 0.287. The molecule has 2 heterocycles. The Bertz CT molecular complexity index is 1560. The number of hydrogen-bond acceptors (Lipinski definition) is 5. The Morgan fingerprint density at radius 1 is 1.21 bits per heavy atom. The van der Waals surface area contributed by atoms with Gasteiger partial charge in [-0.25, -0.2) is 4.39 Å². The summed E-state index contributed by atoms with van der Waals surface area (Å²) < 4.78 is 21.9. The topological polar surface area (TPSA) is 96.5 Å². The average Bonchev–Trinajstić information content (AvgIpc) is 2.81. The number of ether oxygens (including phenoxy) is 1. The summed E-state index contributed by atoms with van der Waals surface area (Å²) in [5.74, 6) is -1.77. The monoisotopic (exact) mass is 518 g/mol. The molecule has 0 radical (unpaired) electrons. The second-order valence-electron chi connectivity index (χ2n) is 7.19. The Kier molecular flexibility index (Phi) is 6.52. The van der Waals surface area contributed by atoms with Gasteiger partial charge in [-0.3, -0.25) is 14.0 Å². The molecule has 168 valence electrons. The fourth-order valence-electron chi connectivity index (χ4n) is 3.18. The van der Waals surface area contributed by atoms with Crippen molar-refractivity contribution in [3.63, 3.8) is 0 Å². The normalized spacial score (nSPS) is 11.2. The zero-order valence-electron chi connectivity index (χ0n) is 17.8. The number of anilines is 1. The molecule has 0 aliphatic heterocycles. The van der Waals surface area contributed by atoms with E-state index >= 15 is 0 Å². The van der Waals surface area contributed by atoms with Crippen LogP contribution >= 0.6 is 15.9 Å². The summed E-state index contributed by atoms with van der Waals surface area (Å²) in [6.07, 6.45) is 2.60. The van der Waals surface area contributed by atoms with E-state index in [4.69, 9.17) is 4.74 Å². The van der Waals surface area contributed by atoms with Gasteiger partial charge in [-0.05, 0) is 55.0 Å². The minimum Gasteiger partial charge on any atom is -0.435 e. The van der Waals surface area contributed by atoms with Gasteiger partial charge in [-0.2, -0.15) is 10.2 Å². The molecule has 1 N–H and O–H groups in total. The first-order valence-electron chi connectivity index (χ1n) is 10.0. The highest BCUT2D eigenvalue weighted by Gasteiger charge is 2.19. The van der Waals surface area contributed by atoms with E-state index in [-0.39, 0.29) is 22.8 Å². The molecule has 2 aromatic carbocycles. The predicted octanol–water partition coefficient (Wildman–Crippen LogP) is 5.24. The summed E-state index contributed by atoms with van der Waals surface area (Å²) in [5.41, 5.74) is 0.321. The van der Waals surface area contributed by atoms with Gasteiger partial charge < -0.3 is 10.1 Å². The Hall–Kier alpha value is -4.29. The van der Waals surface area contributed by atoms with Crippen molar-refractivity contribution in [2.45, 2.75) is 6.92 Å². The van der Waals surface area contributed by atoms with E-state index in [0.29, 0.717) is 16.9 Å². The minimum absolute atomic E-state index is 0.154. The van der Waals surface area contributed by atoms with Crippen molar-refractivity contribution < 1.29 is 13.9 Å². The van der Waals surface area contributed by atoms with Gasteiger partial charge in [0.25, 0.3) is 11.5 Å². The number of hydrogen-bond donors (Lipinski definition) is 1. The fourth-order valence-corrected chi connectivity index (χ4v) is 3.58. The SMILES string of the molecule is Cc1cccn2c(=O)c(/C=C(/C#N)C(=O)Nc3cccc(Br)c3)c(Oc3ccccc3F)nc12. The largest absolute Gasteiger partial charge is 0.435 e. The average molecular weight is 519 g/mol. The van der Waals surface area contributed by atoms with Gasteiger partial charge in [0.15, 0.2) is 11.6 Å². The number of nitrogens with one attached hydrogen (secondary N) is 1. The van der Waals surface area contributed by atoms with Crippen LogP contribution in [0.25, 0.3) is 11.7 Å². The van der Waals surface area contributed by atoms with Gasteiger partial charge in [-0.15, -0.1) is 0 Å². The lowest BCUT2D eigenvalue weighted by molar-refractivity contribution is -0.112. The molecule has 0 spiro atoms. The minimum atomic E-state index is -0.730. The summed E-state index contributed by atoms with van der Waals surface area (Å²) in [7, 11) is 0.